The summed E-state index contributed by atoms with van der Waals surface area (Å²) in [4.78, 5) is 3.90. The van der Waals surface area contributed by atoms with Gasteiger partial charge in [-0.05, 0) is 18.2 Å². The van der Waals surface area contributed by atoms with Crippen LogP contribution >= 0.6 is 0 Å². The molecule has 5 heteroatoms. The quantitative estimate of drug-likeness (QED) is 0.892. The van der Waals surface area contributed by atoms with E-state index in [2.05, 4.69) is 4.98 Å². The Hall–Kier alpha value is -2.01. The van der Waals surface area contributed by atoms with Gasteiger partial charge >= 0.3 is 0 Å². The standard InChI is InChI=1S/C12H9F2NO2/c13-8-4-5-10(14)11(6-8)17-12-3-1-2-9(7-16)15-12/h1-6,16H,7H2. The largest absolute Gasteiger partial charge is 0.436 e. The van der Waals surface area contributed by atoms with Crippen molar-refractivity contribution in [2.75, 3.05) is 0 Å². The molecule has 1 N–H and O–H groups in total. The topological polar surface area (TPSA) is 42.4 Å². The minimum Gasteiger partial charge on any atom is -0.436 e. The smallest absolute Gasteiger partial charge is 0.219 e. The summed E-state index contributed by atoms with van der Waals surface area (Å²) in [7, 11) is 0. The average Bonchev–Trinajstić information content (AvgIpc) is 2.34. The highest BCUT2D eigenvalue weighted by Gasteiger charge is 2.07. The minimum atomic E-state index is -0.678. The molecule has 0 atom stereocenters. The summed E-state index contributed by atoms with van der Waals surface area (Å²) in [5.41, 5.74) is 0.388. The molecular formula is C12H9F2NO2. The van der Waals surface area contributed by atoms with Crippen LogP contribution in [0.2, 0.25) is 0 Å². The van der Waals surface area contributed by atoms with E-state index in [9.17, 15) is 8.78 Å². The monoisotopic (exact) mass is 237 g/mol. The molecule has 3 nitrogen and oxygen atoms in total. The van der Waals surface area contributed by atoms with Crippen molar-refractivity contribution in [3.05, 3.63) is 53.7 Å². The Morgan fingerprint density at radius 2 is 2.00 bits per heavy atom. The molecule has 1 aromatic heterocycles. The molecule has 0 saturated heterocycles. The number of hydrogen-bond acceptors (Lipinski definition) is 3. The van der Waals surface area contributed by atoms with Crippen LogP contribution in [-0.2, 0) is 6.61 Å². The number of hydrogen-bond donors (Lipinski definition) is 1. The Balaban J connectivity index is 2.27. The molecule has 0 bridgehead atoms. The molecule has 0 saturated carbocycles. The van der Waals surface area contributed by atoms with Crippen molar-refractivity contribution >= 4 is 0 Å². The van der Waals surface area contributed by atoms with Gasteiger partial charge in [0.25, 0.3) is 0 Å². The maximum atomic E-state index is 13.3. The summed E-state index contributed by atoms with van der Waals surface area (Å²) in [6.45, 7) is -0.247. The predicted octanol–water partition coefficient (Wildman–Crippen LogP) is 2.64. The predicted molar refractivity (Wildman–Crippen MR) is 56.6 cm³/mol. The van der Waals surface area contributed by atoms with Crippen LogP contribution < -0.4 is 4.74 Å². The summed E-state index contributed by atoms with van der Waals surface area (Å²) < 4.78 is 31.3. The van der Waals surface area contributed by atoms with Crippen molar-refractivity contribution in [1.29, 1.82) is 0 Å². The maximum absolute atomic E-state index is 13.3. The molecular weight excluding hydrogens is 228 g/mol. The van der Waals surface area contributed by atoms with Crippen LogP contribution in [-0.4, -0.2) is 10.1 Å². The average molecular weight is 237 g/mol. The Kier molecular flexibility index (Phi) is 3.30. The summed E-state index contributed by atoms with van der Waals surface area (Å²) in [6.07, 6.45) is 0. The zero-order valence-corrected chi connectivity index (χ0v) is 8.73. The summed E-state index contributed by atoms with van der Waals surface area (Å²) in [5.74, 6) is -1.42. The van der Waals surface area contributed by atoms with Gasteiger partial charge in [-0.3, -0.25) is 0 Å². The number of aromatic nitrogens is 1. The third kappa shape index (κ3) is 2.76. The van der Waals surface area contributed by atoms with E-state index in [0.717, 1.165) is 18.2 Å². The number of aliphatic hydroxyl groups is 1. The summed E-state index contributed by atoms with van der Waals surface area (Å²) >= 11 is 0. The third-order valence-electron chi connectivity index (χ3n) is 2.05. The van der Waals surface area contributed by atoms with Gasteiger partial charge in [-0.15, -0.1) is 0 Å². The first kappa shape index (κ1) is 11.5. The Bertz CT molecular complexity index is 532. The van der Waals surface area contributed by atoms with E-state index in [4.69, 9.17) is 9.84 Å². The number of nitrogens with zero attached hydrogens (tertiary/aromatic N) is 1. The molecule has 0 aliphatic rings. The Labute approximate surface area is 96.3 Å². The molecule has 2 rings (SSSR count). The van der Waals surface area contributed by atoms with Gasteiger partial charge in [0, 0.05) is 12.1 Å². The first-order chi connectivity index (χ1) is 8.19. The van der Waals surface area contributed by atoms with E-state index in [1.165, 1.54) is 6.07 Å². The zero-order chi connectivity index (χ0) is 12.3. The maximum Gasteiger partial charge on any atom is 0.219 e. The van der Waals surface area contributed by atoms with Gasteiger partial charge in [0.15, 0.2) is 11.6 Å². The van der Waals surface area contributed by atoms with Crippen LogP contribution in [0.3, 0.4) is 0 Å². The second-order valence-electron chi connectivity index (χ2n) is 3.30. The number of rotatable bonds is 3. The van der Waals surface area contributed by atoms with Gasteiger partial charge in [0.1, 0.15) is 5.82 Å². The first-order valence-electron chi connectivity index (χ1n) is 4.89. The highest BCUT2D eigenvalue weighted by atomic mass is 19.1. The molecule has 88 valence electrons. The molecule has 0 amide bonds. The Morgan fingerprint density at radius 1 is 1.18 bits per heavy atom. The summed E-state index contributed by atoms with van der Waals surface area (Å²) in [5, 5.41) is 8.87. The van der Waals surface area contributed by atoms with Gasteiger partial charge in [0.2, 0.25) is 5.88 Å². The van der Waals surface area contributed by atoms with Crippen molar-refractivity contribution in [3.63, 3.8) is 0 Å². The van der Waals surface area contributed by atoms with E-state index in [0.29, 0.717) is 5.69 Å². The van der Waals surface area contributed by atoms with Gasteiger partial charge < -0.3 is 9.84 Å². The molecule has 2 aromatic rings. The first-order valence-corrected chi connectivity index (χ1v) is 4.89. The minimum absolute atomic E-state index is 0.0982. The number of halogens is 2. The lowest BCUT2D eigenvalue weighted by atomic mass is 10.3. The molecule has 1 heterocycles. The fourth-order valence-electron chi connectivity index (χ4n) is 1.27. The van der Waals surface area contributed by atoms with Crippen molar-refractivity contribution in [3.8, 4) is 11.6 Å². The lowest BCUT2D eigenvalue weighted by Crippen LogP contribution is -1.95. The summed E-state index contributed by atoms with van der Waals surface area (Å²) in [6, 6.07) is 7.59. The van der Waals surface area contributed by atoms with Crippen molar-refractivity contribution in [2.45, 2.75) is 6.61 Å². The number of pyridine rings is 1. The number of aliphatic hydroxyl groups excluding tert-OH is 1. The second kappa shape index (κ2) is 4.88. The van der Waals surface area contributed by atoms with Crippen LogP contribution in [0.1, 0.15) is 5.69 Å². The lowest BCUT2D eigenvalue weighted by Gasteiger charge is -2.06. The molecule has 0 aliphatic heterocycles. The van der Waals surface area contributed by atoms with E-state index >= 15 is 0 Å². The van der Waals surface area contributed by atoms with Crippen LogP contribution in [0.25, 0.3) is 0 Å². The van der Waals surface area contributed by atoms with Crippen LogP contribution in [0.4, 0.5) is 8.78 Å². The SMILES string of the molecule is OCc1cccc(Oc2cc(F)ccc2F)n1. The van der Waals surface area contributed by atoms with Crippen molar-refractivity contribution < 1.29 is 18.6 Å². The van der Waals surface area contributed by atoms with E-state index in [1.807, 2.05) is 0 Å². The van der Waals surface area contributed by atoms with Gasteiger partial charge in [-0.1, -0.05) is 6.07 Å². The van der Waals surface area contributed by atoms with Crippen molar-refractivity contribution in [1.82, 2.24) is 4.98 Å². The zero-order valence-electron chi connectivity index (χ0n) is 8.73. The number of benzene rings is 1. The van der Waals surface area contributed by atoms with E-state index < -0.39 is 11.6 Å². The second-order valence-corrected chi connectivity index (χ2v) is 3.30. The molecule has 0 fully saturated rings. The molecule has 0 aliphatic carbocycles. The molecule has 0 unspecified atom stereocenters. The van der Waals surface area contributed by atoms with Crippen molar-refractivity contribution in [2.24, 2.45) is 0 Å². The fraction of sp³-hybridized carbons (Fsp3) is 0.0833. The highest BCUT2D eigenvalue weighted by molar-refractivity contribution is 5.29. The molecule has 0 radical (unpaired) electrons. The van der Waals surface area contributed by atoms with Crippen LogP contribution in [0.15, 0.2) is 36.4 Å². The Morgan fingerprint density at radius 3 is 2.76 bits per heavy atom. The molecule has 17 heavy (non-hydrogen) atoms. The fourth-order valence-corrected chi connectivity index (χ4v) is 1.27. The molecule has 0 spiro atoms. The highest BCUT2D eigenvalue weighted by Crippen LogP contribution is 2.23. The normalized spacial score (nSPS) is 10.3. The number of ether oxygens (including phenoxy) is 1. The van der Waals surface area contributed by atoms with Gasteiger partial charge in [-0.2, -0.15) is 0 Å². The lowest BCUT2D eigenvalue weighted by molar-refractivity contribution is 0.275. The molecule has 1 aromatic carbocycles. The van der Waals surface area contributed by atoms with Crippen LogP contribution in [0.5, 0.6) is 11.6 Å². The van der Waals surface area contributed by atoms with Gasteiger partial charge in [-0.25, -0.2) is 13.8 Å². The van der Waals surface area contributed by atoms with Crippen LogP contribution in [0, 0.1) is 11.6 Å². The van der Waals surface area contributed by atoms with E-state index in [-0.39, 0.29) is 18.2 Å². The third-order valence-corrected chi connectivity index (χ3v) is 2.05. The van der Waals surface area contributed by atoms with Gasteiger partial charge in [0.05, 0.1) is 12.3 Å². The van der Waals surface area contributed by atoms with E-state index in [1.54, 1.807) is 12.1 Å².